The minimum absolute atomic E-state index is 0.0212. The summed E-state index contributed by atoms with van der Waals surface area (Å²) in [5.41, 5.74) is 2.30. The molecule has 0 aliphatic carbocycles. The van der Waals surface area contributed by atoms with Crippen LogP contribution in [0.3, 0.4) is 0 Å². The lowest BCUT2D eigenvalue weighted by Gasteiger charge is -2.19. The van der Waals surface area contributed by atoms with E-state index >= 15 is 0 Å². The highest BCUT2D eigenvalue weighted by Crippen LogP contribution is 2.29. The van der Waals surface area contributed by atoms with Crippen LogP contribution in [0.5, 0.6) is 0 Å². The lowest BCUT2D eigenvalue weighted by Crippen LogP contribution is -2.38. The predicted molar refractivity (Wildman–Crippen MR) is 99.8 cm³/mol. The van der Waals surface area contributed by atoms with E-state index in [0.29, 0.717) is 23.7 Å². The summed E-state index contributed by atoms with van der Waals surface area (Å²) in [4.78, 5) is 11.9. The molecule has 8 heteroatoms. The fourth-order valence-corrected chi connectivity index (χ4v) is 4.36. The van der Waals surface area contributed by atoms with Gasteiger partial charge in [-0.1, -0.05) is 35.9 Å². The van der Waals surface area contributed by atoms with Crippen LogP contribution >= 0.6 is 11.6 Å². The number of carbonyl (C=O) groups is 1. The molecular formula is C17H18ClN3O3S. The largest absolute Gasteiger partial charge is 0.337 e. The number of urea groups is 1. The quantitative estimate of drug-likeness (QED) is 0.838. The molecule has 0 radical (unpaired) electrons. The smallest absolute Gasteiger partial charge is 0.319 e. The third-order valence-electron chi connectivity index (χ3n) is 3.91. The van der Waals surface area contributed by atoms with E-state index in [-0.39, 0.29) is 12.3 Å². The molecule has 1 heterocycles. The van der Waals surface area contributed by atoms with Crippen molar-refractivity contribution >= 4 is 39.0 Å². The Morgan fingerprint density at radius 1 is 1.16 bits per heavy atom. The summed E-state index contributed by atoms with van der Waals surface area (Å²) in [7, 11) is -3.48. The van der Waals surface area contributed by atoms with E-state index < -0.39 is 16.1 Å². The topological polar surface area (TPSA) is 78.5 Å². The van der Waals surface area contributed by atoms with Gasteiger partial charge >= 0.3 is 6.03 Å². The van der Waals surface area contributed by atoms with Crippen molar-refractivity contribution in [1.29, 1.82) is 0 Å². The molecule has 1 aliphatic heterocycles. The van der Waals surface area contributed by atoms with Crippen molar-refractivity contribution in [3.8, 4) is 0 Å². The average Bonchev–Trinajstić information content (AvgIpc) is 2.99. The van der Waals surface area contributed by atoms with Gasteiger partial charge in [-0.2, -0.15) is 0 Å². The van der Waals surface area contributed by atoms with Crippen molar-refractivity contribution in [2.45, 2.75) is 6.42 Å². The van der Waals surface area contributed by atoms with Gasteiger partial charge in [-0.3, -0.25) is 4.31 Å². The number of para-hydroxylation sites is 1. The van der Waals surface area contributed by atoms with Gasteiger partial charge in [0.25, 0.3) is 0 Å². The second-order valence-electron chi connectivity index (χ2n) is 5.66. The van der Waals surface area contributed by atoms with Crippen molar-refractivity contribution in [1.82, 2.24) is 5.32 Å². The Kier molecular flexibility index (Phi) is 5.15. The molecule has 6 nitrogen and oxygen atoms in total. The van der Waals surface area contributed by atoms with Crippen LogP contribution in [0.25, 0.3) is 0 Å². The van der Waals surface area contributed by atoms with Gasteiger partial charge < -0.3 is 10.6 Å². The number of rotatable bonds is 5. The number of nitrogens with one attached hydrogen (secondary N) is 2. The number of amides is 2. The number of halogens is 1. The molecule has 0 spiro atoms. The minimum atomic E-state index is -3.48. The van der Waals surface area contributed by atoms with Crippen LogP contribution in [0.4, 0.5) is 16.2 Å². The molecule has 0 unspecified atom stereocenters. The summed E-state index contributed by atoms with van der Waals surface area (Å²) in [5.74, 6) is -0.162. The summed E-state index contributed by atoms with van der Waals surface area (Å²) in [6.45, 7) is 0.462. The van der Waals surface area contributed by atoms with Crippen molar-refractivity contribution in [3.63, 3.8) is 0 Å². The zero-order valence-corrected chi connectivity index (χ0v) is 15.0. The van der Waals surface area contributed by atoms with Crippen LogP contribution in [0.2, 0.25) is 5.02 Å². The molecule has 0 aromatic heterocycles. The Balaban J connectivity index is 1.54. The third-order valence-corrected chi connectivity index (χ3v) is 5.91. The second-order valence-corrected chi connectivity index (χ2v) is 8.11. The van der Waals surface area contributed by atoms with Gasteiger partial charge in [0.05, 0.1) is 11.4 Å². The van der Waals surface area contributed by atoms with E-state index in [4.69, 9.17) is 11.6 Å². The zero-order valence-electron chi connectivity index (χ0n) is 13.4. The number of hydrogen-bond acceptors (Lipinski definition) is 3. The van der Waals surface area contributed by atoms with E-state index in [9.17, 15) is 13.2 Å². The first-order valence-corrected chi connectivity index (χ1v) is 9.83. The first-order chi connectivity index (χ1) is 12.0. The molecule has 3 rings (SSSR count). The fourth-order valence-electron chi connectivity index (χ4n) is 2.74. The average molecular weight is 380 g/mol. The Morgan fingerprint density at radius 3 is 2.76 bits per heavy atom. The molecule has 0 atom stereocenters. The molecular weight excluding hydrogens is 362 g/mol. The second kappa shape index (κ2) is 7.33. The first-order valence-electron chi connectivity index (χ1n) is 7.84. The van der Waals surface area contributed by atoms with E-state index in [2.05, 4.69) is 10.6 Å². The van der Waals surface area contributed by atoms with Crippen molar-refractivity contribution in [2.75, 3.05) is 28.5 Å². The first kappa shape index (κ1) is 17.6. The van der Waals surface area contributed by atoms with Gasteiger partial charge in [0, 0.05) is 23.8 Å². The highest BCUT2D eigenvalue weighted by atomic mass is 35.5. The Morgan fingerprint density at radius 2 is 1.96 bits per heavy atom. The summed E-state index contributed by atoms with van der Waals surface area (Å²) in [6, 6.07) is 13.7. The van der Waals surface area contributed by atoms with E-state index in [1.165, 1.54) is 4.31 Å². The normalized spacial score (nSPS) is 13.4. The van der Waals surface area contributed by atoms with E-state index in [0.717, 1.165) is 11.3 Å². The minimum Gasteiger partial charge on any atom is -0.337 e. The molecule has 25 heavy (non-hydrogen) atoms. The van der Waals surface area contributed by atoms with Gasteiger partial charge in [0.15, 0.2) is 0 Å². The van der Waals surface area contributed by atoms with Crippen LogP contribution in [0.15, 0.2) is 48.5 Å². The van der Waals surface area contributed by atoms with Crippen molar-refractivity contribution in [2.24, 2.45) is 0 Å². The maximum Gasteiger partial charge on any atom is 0.319 e. The Labute approximate surface area is 151 Å². The summed E-state index contributed by atoms with van der Waals surface area (Å²) >= 11 is 5.85. The summed E-state index contributed by atoms with van der Waals surface area (Å²) in [5, 5.41) is 5.67. The molecule has 2 aromatic rings. The number of fused-ring (bicyclic) bond motifs is 1. The monoisotopic (exact) mass is 379 g/mol. The number of carbonyl (C=O) groups excluding carboxylic acids is 1. The summed E-state index contributed by atoms with van der Waals surface area (Å²) in [6.07, 6.45) is 0.706. The van der Waals surface area contributed by atoms with Crippen LogP contribution in [-0.4, -0.2) is 33.3 Å². The van der Waals surface area contributed by atoms with E-state index in [1.54, 1.807) is 30.3 Å². The maximum absolute atomic E-state index is 12.5. The summed E-state index contributed by atoms with van der Waals surface area (Å²) < 4.78 is 26.4. The Bertz CT molecular complexity index is 886. The van der Waals surface area contributed by atoms with Gasteiger partial charge in [-0.25, -0.2) is 13.2 Å². The molecule has 2 amide bonds. The molecule has 2 N–H and O–H groups in total. The van der Waals surface area contributed by atoms with Gasteiger partial charge in [0.1, 0.15) is 0 Å². The molecule has 132 valence electrons. The highest BCUT2D eigenvalue weighted by molar-refractivity contribution is 7.92. The number of benzene rings is 2. The molecule has 0 saturated heterocycles. The standard InChI is InChI=1S/C17H18ClN3O3S/c18-14-5-3-6-15(12-14)20-17(22)19-9-11-25(23,24)21-10-8-13-4-1-2-7-16(13)21/h1-7,12H,8-11H2,(H2,19,20,22). The molecule has 0 bridgehead atoms. The predicted octanol–water partition coefficient (Wildman–Crippen LogP) is 2.85. The molecule has 1 aliphatic rings. The van der Waals surface area contributed by atoms with Gasteiger partial charge in [0.2, 0.25) is 10.0 Å². The van der Waals surface area contributed by atoms with Gasteiger partial charge in [-0.15, -0.1) is 0 Å². The van der Waals surface area contributed by atoms with Crippen LogP contribution in [0, 0.1) is 0 Å². The SMILES string of the molecule is O=C(NCCS(=O)(=O)N1CCc2ccccc21)Nc1cccc(Cl)c1. The van der Waals surface area contributed by atoms with Crippen LogP contribution < -0.4 is 14.9 Å². The zero-order chi connectivity index (χ0) is 17.9. The molecule has 0 saturated carbocycles. The van der Waals surface area contributed by atoms with Crippen molar-refractivity contribution in [3.05, 3.63) is 59.1 Å². The maximum atomic E-state index is 12.5. The number of sulfonamides is 1. The van der Waals surface area contributed by atoms with Crippen LogP contribution in [0.1, 0.15) is 5.56 Å². The fraction of sp³-hybridized carbons (Fsp3) is 0.235. The highest BCUT2D eigenvalue weighted by Gasteiger charge is 2.28. The van der Waals surface area contributed by atoms with E-state index in [1.807, 2.05) is 18.2 Å². The third kappa shape index (κ3) is 4.24. The number of anilines is 2. The molecule has 0 fully saturated rings. The van der Waals surface area contributed by atoms with Crippen molar-refractivity contribution < 1.29 is 13.2 Å². The lowest BCUT2D eigenvalue weighted by atomic mass is 10.2. The lowest BCUT2D eigenvalue weighted by molar-refractivity contribution is 0.252. The molecule has 2 aromatic carbocycles. The van der Waals surface area contributed by atoms with Crippen LogP contribution in [-0.2, 0) is 16.4 Å². The number of hydrogen-bond donors (Lipinski definition) is 2. The van der Waals surface area contributed by atoms with Gasteiger partial charge in [-0.05, 0) is 36.2 Å². The number of nitrogens with zero attached hydrogens (tertiary/aromatic N) is 1. The Hall–Kier alpha value is -2.25.